The van der Waals surface area contributed by atoms with Gasteiger partial charge in [0.2, 0.25) is 0 Å². The maximum Gasteiger partial charge on any atom is 0.287 e. The number of ether oxygens (including phenoxy) is 1. The molecule has 2 aromatic rings. The molecule has 4 nitrogen and oxygen atoms in total. The van der Waals surface area contributed by atoms with Crippen LogP contribution in [0.25, 0.3) is 0 Å². The molecule has 0 aliphatic heterocycles. The lowest BCUT2D eigenvalue weighted by atomic mass is 10.3. The Balaban J connectivity index is 1.77. The van der Waals surface area contributed by atoms with Crippen molar-refractivity contribution in [2.24, 2.45) is 0 Å². The van der Waals surface area contributed by atoms with Gasteiger partial charge in [0.15, 0.2) is 5.76 Å². The molecule has 0 unspecified atom stereocenters. The third-order valence-electron chi connectivity index (χ3n) is 2.79. The number of benzene rings is 1. The van der Waals surface area contributed by atoms with Crippen LogP contribution < -0.4 is 10.1 Å². The van der Waals surface area contributed by atoms with Gasteiger partial charge in [0.05, 0.1) is 12.4 Å². The number of para-hydroxylation sites is 1. The Bertz CT molecular complexity index is 566. The molecule has 1 heterocycles. The molecule has 5 heteroatoms. The van der Waals surface area contributed by atoms with E-state index in [0.29, 0.717) is 24.8 Å². The number of alkyl halides is 1. The van der Waals surface area contributed by atoms with E-state index in [4.69, 9.17) is 20.8 Å². The second kappa shape index (κ2) is 7.01. The summed E-state index contributed by atoms with van der Waals surface area (Å²) in [5.74, 6) is 1.80. The first-order chi connectivity index (χ1) is 9.70. The second-order valence-electron chi connectivity index (χ2n) is 4.24. The molecule has 20 heavy (non-hydrogen) atoms. The van der Waals surface area contributed by atoms with E-state index in [-0.39, 0.29) is 11.7 Å². The van der Waals surface area contributed by atoms with Crippen LogP contribution in [-0.2, 0) is 5.88 Å². The number of carbonyl (C=O) groups excluding carboxylic acids is 1. The number of nitrogens with one attached hydrogen (secondary N) is 1. The monoisotopic (exact) mass is 293 g/mol. The minimum absolute atomic E-state index is 0.263. The molecule has 0 fully saturated rings. The molecule has 1 N–H and O–H groups in total. The van der Waals surface area contributed by atoms with Gasteiger partial charge in [0.1, 0.15) is 18.1 Å². The van der Waals surface area contributed by atoms with Crippen LogP contribution in [0.1, 0.15) is 21.9 Å². The first kappa shape index (κ1) is 14.5. The number of hydrogen-bond acceptors (Lipinski definition) is 3. The zero-order valence-corrected chi connectivity index (χ0v) is 11.9. The normalized spacial score (nSPS) is 10.3. The SMILES string of the molecule is Cc1oc(C(=O)NCCOc2ccccc2)cc1CCl. The van der Waals surface area contributed by atoms with Crippen LogP contribution in [-0.4, -0.2) is 19.1 Å². The highest BCUT2D eigenvalue weighted by Gasteiger charge is 2.13. The van der Waals surface area contributed by atoms with Gasteiger partial charge in [-0.3, -0.25) is 4.79 Å². The molecule has 0 bridgehead atoms. The van der Waals surface area contributed by atoms with Crippen LogP contribution >= 0.6 is 11.6 Å². The molecular formula is C15H16ClNO3. The molecule has 0 spiro atoms. The number of hydrogen-bond donors (Lipinski definition) is 1. The molecule has 0 saturated heterocycles. The average molecular weight is 294 g/mol. The number of rotatable bonds is 6. The Morgan fingerprint density at radius 3 is 2.75 bits per heavy atom. The highest BCUT2D eigenvalue weighted by atomic mass is 35.5. The molecule has 0 atom stereocenters. The summed E-state index contributed by atoms with van der Waals surface area (Å²) in [6, 6.07) is 11.1. The van der Waals surface area contributed by atoms with E-state index in [1.807, 2.05) is 30.3 Å². The average Bonchev–Trinajstić information content (AvgIpc) is 2.86. The summed E-state index contributed by atoms with van der Waals surface area (Å²) in [4.78, 5) is 11.8. The molecule has 2 rings (SSSR count). The summed E-state index contributed by atoms with van der Waals surface area (Å²) >= 11 is 5.73. The quantitative estimate of drug-likeness (QED) is 0.657. The molecule has 106 valence electrons. The summed E-state index contributed by atoms with van der Waals surface area (Å²) in [7, 11) is 0. The van der Waals surface area contributed by atoms with E-state index in [0.717, 1.165) is 11.3 Å². The molecule has 0 saturated carbocycles. The second-order valence-corrected chi connectivity index (χ2v) is 4.51. The zero-order chi connectivity index (χ0) is 14.4. The van der Waals surface area contributed by atoms with Gasteiger partial charge in [-0.05, 0) is 25.1 Å². The number of carbonyl (C=O) groups is 1. The minimum atomic E-state index is -0.263. The predicted molar refractivity (Wildman–Crippen MR) is 77.3 cm³/mol. The first-order valence-corrected chi connectivity index (χ1v) is 6.85. The fourth-order valence-electron chi connectivity index (χ4n) is 1.70. The van der Waals surface area contributed by atoms with Crippen molar-refractivity contribution in [3.8, 4) is 5.75 Å². The number of halogens is 1. The van der Waals surface area contributed by atoms with Gasteiger partial charge in [-0.1, -0.05) is 18.2 Å². The van der Waals surface area contributed by atoms with Crippen LogP contribution in [0, 0.1) is 6.92 Å². The molecule has 1 amide bonds. The van der Waals surface area contributed by atoms with Crippen LogP contribution in [0.5, 0.6) is 5.75 Å². The maximum atomic E-state index is 11.8. The fourth-order valence-corrected chi connectivity index (χ4v) is 1.97. The van der Waals surface area contributed by atoms with E-state index in [9.17, 15) is 4.79 Å². The topological polar surface area (TPSA) is 51.5 Å². The van der Waals surface area contributed by atoms with Crippen molar-refractivity contribution < 1.29 is 13.9 Å². The highest BCUT2D eigenvalue weighted by molar-refractivity contribution is 6.17. The molecule has 0 aliphatic rings. The van der Waals surface area contributed by atoms with Crippen molar-refractivity contribution >= 4 is 17.5 Å². The molecule has 1 aromatic carbocycles. The van der Waals surface area contributed by atoms with E-state index in [1.54, 1.807) is 13.0 Å². The van der Waals surface area contributed by atoms with Crippen molar-refractivity contribution in [2.75, 3.05) is 13.2 Å². The van der Waals surface area contributed by atoms with Crippen molar-refractivity contribution in [1.82, 2.24) is 5.32 Å². The largest absolute Gasteiger partial charge is 0.492 e. The standard InChI is InChI=1S/C15H16ClNO3/c1-11-12(10-16)9-14(20-11)15(18)17-7-8-19-13-5-3-2-4-6-13/h2-6,9H,7-8,10H2,1H3,(H,17,18). The third kappa shape index (κ3) is 3.78. The van der Waals surface area contributed by atoms with Crippen LogP contribution in [0.3, 0.4) is 0 Å². The summed E-state index contributed by atoms with van der Waals surface area (Å²) < 4.78 is 10.8. The summed E-state index contributed by atoms with van der Waals surface area (Å²) in [6.45, 7) is 2.59. The number of amides is 1. The lowest BCUT2D eigenvalue weighted by Crippen LogP contribution is -2.27. The smallest absolute Gasteiger partial charge is 0.287 e. The third-order valence-corrected chi connectivity index (χ3v) is 3.08. The molecule has 1 aromatic heterocycles. The summed E-state index contributed by atoms with van der Waals surface area (Å²) in [5, 5.41) is 2.73. The predicted octanol–water partition coefficient (Wildman–Crippen LogP) is 3.14. The number of furan rings is 1. The Kier molecular flexibility index (Phi) is 5.07. The van der Waals surface area contributed by atoms with Crippen LogP contribution in [0.2, 0.25) is 0 Å². The van der Waals surface area contributed by atoms with Crippen LogP contribution in [0.15, 0.2) is 40.8 Å². The lowest BCUT2D eigenvalue weighted by molar-refractivity contribution is 0.0918. The van der Waals surface area contributed by atoms with Crippen molar-refractivity contribution in [3.05, 3.63) is 53.5 Å². The zero-order valence-electron chi connectivity index (χ0n) is 11.2. The highest BCUT2D eigenvalue weighted by Crippen LogP contribution is 2.16. The first-order valence-electron chi connectivity index (χ1n) is 6.32. The Hall–Kier alpha value is -1.94. The van der Waals surface area contributed by atoms with E-state index < -0.39 is 0 Å². The van der Waals surface area contributed by atoms with Crippen molar-refractivity contribution in [1.29, 1.82) is 0 Å². The Morgan fingerprint density at radius 2 is 2.10 bits per heavy atom. The van der Waals surface area contributed by atoms with Gasteiger partial charge < -0.3 is 14.5 Å². The van der Waals surface area contributed by atoms with Crippen LogP contribution in [0.4, 0.5) is 0 Å². The molecular weight excluding hydrogens is 278 g/mol. The van der Waals surface area contributed by atoms with Crippen molar-refractivity contribution in [3.63, 3.8) is 0 Å². The van der Waals surface area contributed by atoms with Gasteiger partial charge >= 0.3 is 0 Å². The van der Waals surface area contributed by atoms with E-state index >= 15 is 0 Å². The minimum Gasteiger partial charge on any atom is -0.492 e. The van der Waals surface area contributed by atoms with Gasteiger partial charge in [0, 0.05) is 5.56 Å². The lowest BCUT2D eigenvalue weighted by Gasteiger charge is -2.06. The van der Waals surface area contributed by atoms with E-state index in [2.05, 4.69) is 5.32 Å². The molecule has 0 radical (unpaired) electrons. The molecule has 0 aliphatic carbocycles. The van der Waals surface area contributed by atoms with Gasteiger partial charge in [-0.2, -0.15) is 0 Å². The summed E-state index contributed by atoms with van der Waals surface area (Å²) in [5.41, 5.74) is 0.831. The van der Waals surface area contributed by atoms with E-state index in [1.165, 1.54) is 0 Å². The van der Waals surface area contributed by atoms with Crippen molar-refractivity contribution in [2.45, 2.75) is 12.8 Å². The number of aryl methyl sites for hydroxylation is 1. The van der Waals surface area contributed by atoms with Gasteiger partial charge in [0.25, 0.3) is 5.91 Å². The maximum absolute atomic E-state index is 11.8. The van der Waals surface area contributed by atoms with Gasteiger partial charge in [-0.25, -0.2) is 0 Å². The Labute approximate surface area is 122 Å². The summed E-state index contributed by atoms with van der Waals surface area (Å²) in [6.07, 6.45) is 0. The Morgan fingerprint density at radius 1 is 1.35 bits per heavy atom. The fraction of sp³-hybridized carbons (Fsp3) is 0.267. The van der Waals surface area contributed by atoms with Gasteiger partial charge in [-0.15, -0.1) is 11.6 Å².